The van der Waals surface area contributed by atoms with Crippen molar-refractivity contribution in [2.75, 3.05) is 19.8 Å². The third-order valence-electron chi connectivity index (χ3n) is 2.97. The molecule has 1 heterocycles. The van der Waals surface area contributed by atoms with Crippen LogP contribution in [0.3, 0.4) is 0 Å². The van der Waals surface area contributed by atoms with E-state index in [0.717, 1.165) is 21.8 Å². The van der Waals surface area contributed by atoms with Crippen molar-refractivity contribution >= 4 is 35.8 Å². The summed E-state index contributed by atoms with van der Waals surface area (Å²) in [6, 6.07) is 8.05. The van der Waals surface area contributed by atoms with Gasteiger partial charge in [0.25, 0.3) is 0 Å². The van der Waals surface area contributed by atoms with Gasteiger partial charge in [0.05, 0.1) is 13.2 Å². The molecule has 0 atom stereocenters. The van der Waals surface area contributed by atoms with Gasteiger partial charge in [0.2, 0.25) is 0 Å². The van der Waals surface area contributed by atoms with Gasteiger partial charge in [-0.3, -0.25) is 0 Å². The highest BCUT2D eigenvalue weighted by Gasteiger charge is 2.14. The van der Waals surface area contributed by atoms with Gasteiger partial charge in [-0.05, 0) is 43.0 Å². The van der Waals surface area contributed by atoms with Crippen molar-refractivity contribution in [3.05, 3.63) is 47.4 Å². The lowest BCUT2D eigenvalue weighted by Crippen LogP contribution is -2.02. The van der Waals surface area contributed by atoms with Gasteiger partial charge in [-0.2, -0.15) is 0 Å². The molecule has 6 heteroatoms. The molecule has 0 aliphatic carbocycles. The van der Waals surface area contributed by atoms with E-state index in [0.29, 0.717) is 18.1 Å². The Morgan fingerprint density at radius 3 is 2.65 bits per heavy atom. The number of ether oxygens (including phenoxy) is 1. The Bertz CT molecular complexity index is 662. The molecule has 0 spiro atoms. The maximum Gasteiger partial charge on any atom is 0.348 e. The molecule has 0 aliphatic rings. The van der Waals surface area contributed by atoms with Crippen molar-refractivity contribution in [1.29, 1.82) is 0 Å². The van der Waals surface area contributed by atoms with Crippen LogP contribution in [-0.2, 0) is 19.9 Å². The molecule has 4 nitrogen and oxygen atoms in total. The summed E-state index contributed by atoms with van der Waals surface area (Å²) in [5.41, 5.74) is 1.15. The van der Waals surface area contributed by atoms with Crippen molar-refractivity contribution in [1.82, 2.24) is 0 Å². The molecule has 0 radical (unpaired) electrons. The molecule has 23 heavy (non-hydrogen) atoms. The van der Waals surface area contributed by atoms with Crippen LogP contribution in [0.5, 0.6) is 0 Å². The fraction of sp³-hybridized carbons (Fsp3) is 0.353. The predicted molar refractivity (Wildman–Crippen MR) is 96.2 cm³/mol. The molecule has 0 unspecified atom stereocenters. The number of fused-ring (bicyclic) bond motifs is 1. The first kappa shape index (κ1) is 18.1. The highest BCUT2D eigenvalue weighted by Crippen LogP contribution is 2.42. The van der Waals surface area contributed by atoms with Crippen LogP contribution in [0.1, 0.15) is 29.1 Å². The van der Waals surface area contributed by atoms with E-state index in [4.69, 9.17) is 13.8 Å². The van der Waals surface area contributed by atoms with Gasteiger partial charge in [-0.1, -0.05) is 18.7 Å². The van der Waals surface area contributed by atoms with Gasteiger partial charge in [0.15, 0.2) is 8.38 Å². The smallest absolute Gasteiger partial charge is 0.348 e. The topological polar surface area (TPSA) is 44.8 Å². The average Bonchev–Trinajstić information content (AvgIpc) is 2.96. The second-order valence-corrected chi connectivity index (χ2v) is 7.28. The van der Waals surface area contributed by atoms with Crippen LogP contribution in [-0.4, -0.2) is 25.8 Å². The van der Waals surface area contributed by atoms with E-state index in [2.05, 4.69) is 18.7 Å². The Balaban J connectivity index is 2.14. The van der Waals surface area contributed by atoms with Crippen LogP contribution in [0, 0.1) is 0 Å². The fourth-order valence-corrected chi connectivity index (χ4v) is 4.33. The van der Waals surface area contributed by atoms with Crippen molar-refractivity contribution < 1.29 is 18.6 Å². The van der Waals surface area contributed by atoms with Crippen LogP contribution in [0.25, 0.3) is 10.1 Å². The molecule has 0 saturated carbocycles. The number of carbonyl (C=O) groups is 1. The van der Waals surface area contributed by atoms with Crippen LogP contribution in [0.15, 0.2) is 36.9 Å². The average molecular weight is 352 g/mol. The summed E-state index contributed by atoms with van der Waals surface area (Å²) < 4.78 is 17.4. The maximum atomic E-state index is 11.9. The molecule has 1 aromatic heterocycles. The zero-order chi connectivity index (χ0) is 16.7. The summed E-state index contributed by atoms with van der Waals surface area (Å²) in [5, 5.41) is 1.04. The Labute approximate surface area is 142 Å². The molecule has 0 amide bonds. The second-order valence-electron chi connectivity index (χ2n) is 4.70. The molecule has 2 aromatic rings. The number of rotatable bonds is 9. The molecular weight excluding hydrogens is 331 g/mol. The minimum Gasteiger partial charge on any atom is -0.457 e. The summed E-state index contributed by atoms with van der Waals surface area (Å²) in [6.45, 7) is 9.00. The van der Waals surface area contributed by atoms with Crippen molar-refractivity contribution in [3.8, 4) is 0 Å². The van der Waals surface area contributed by atoms with Gasteiger partial charge in [-0.15, -0.1) is 11.3 Å². The number of hydrogen-bond donors (Lipinski definition) is 0. The van der Waals surface area contributed by atoms with Crippen LogP contribution < -0.4 is 0 Å². The number of benzene rings is 1. The van der Waals surface area contributed by atoms with Crippen molar-refractivity contribution in [2.45, 2.75) is 20.0 Å². The molecule has 0 bridgehead atoms. The number of carbonyl (C=O) groups excluding carboxylic acids is 1. The van der Waals surface area contributed by atoms with Crippen LogP contribution in [0.2, 0.25) is 0 Å². The summed E-state index contributed by atoms with van der Waals surface area (Å²) in [4.78, 5) is 12.5. The largest absolute Gasteiger partial charge is 0.457 e. The summed E-state index contributed by atoms with van der Waals surface area (Å²) >= 11 is 1.44. The lowest BCUT2D eigenvalue weighted by Gasteiger charge is -2.15. The normalized spacial score (nSPS) is 11.1. The number of hydrogen-bond acceptors (Lipinski definition) is 5. The minimum atomic E-state index is -0.906. The molecule has 0 aliphatic heterocycles. The van der Waals surface area contributed by atoms with E-state index >= 15 is 0 Å². The Kier molecular flexibility index (Phi) is 7.18. The van der Waals surface area contributed by atoms with Crippen molar-refractivity contribution in [2.24, 2.45) is 0 Å². The van der Waals surface area contributed by atoms with Gasteiger partial charge in [-0.25, -0.2) is 4.79 Å². The molecule has 0 N–H and O–H groups in total. The predicted octanol–water partition coefficient (Wildman–Crippen LogP) is 5.13. The lowest BCUT2D eigenvalue weighted by molar-refractivity contribution is 0.0555. The monoisotopic (exact) mass is 352 g/mol. The summed E-state index contributed by atoms with van der Waals surface area (Å²) in [6.07, 6.45) is 2.31. The molecule has 0 fully saturated rings. The fourth-order valence-electron chi connectivity index (χ4n) is 2.06. The Hall–Kier alpha value is -1.26. The minimum absolute atomic E-state index is 0.228. The molecule has 0 saturated heterocycles. The van der Waals surface area contributed by atoms with Gasteiger partial charge in [0, 0.05) is 10.9 Å². The molecule has 1 aromatic carbocycles. The van der Waals surface area contributed by atoms with E-state index in [1.54, 1.807) is 6.08 Å². The maximum absolute atomic E-state index is 11.9. The summed E-state index contributed by atoms with van der Waals surface area (Å²) in [7, 11) is -0.906. The number of thiophene rings is 1. The first-order valence-corrected chi connectivity index (χ1v) is 9.69. The zero-order valence-electron chi connectivity index (χ0n) is 13.4. The van der Waals surface area contributed by atoms with Gasteiger partial charge >= 0.3 is 5.97 Å². The van der Waals surface area contributed by atoms with Gasteiger partial charge in [0.1, 0.15) is 11.5 Å². The van der Waals surface area contributed by atoms with E-state index in [1.807, 2.05) is 26.0 Å². The highest BCUT2D eigenvalue weighted by molar-refractivity contribution is 7.46. The standard InChI is InChI=1S/C17H21O4PS/c1-4-9-19-17(18)16-11-14-10-13(7-8-15(14)23-16)12-22(20-5-2)21-6-3/h4,7-8,10-11H,1,5-6,9,12H2,2-3H3. The second kappa shape index (κ2) is 9.14. The van der Waals surface area contributed by atoms with E-state index in [9.17, 15) is 4.79 Å². The molecule has 124 valence electrons. The SMILES string of the molecule is C=CCOC(=O)c1cc2cc(CP(OCC)OCC)ccc2s1. The highest BCUT2D eigenvalue weighted by atomic mass is 32.1. The zero-order valence-corrected chi connectivity index (χ0v) is 15.1. The molecular formula is C17H21O4PS. The Morgan fingerprint density at radius 2 is 2.00 bits per heavy atom. The third-order valence-corrected chi connectivity index (χ3v) is 5.78. The first-order valence-electron chi connectivity index (χ1n) is 7.51. The Morgan fingerprint density at radius 1 is 1.26 bits per heavy atom. The van der Waals surface area contributed by atoms with Crippen LogP contribution >= 0.6 is 19.7 Å². The third kappa shape index (κ3) is 5.11. The summed E-state index contributed by atoms with van der Waals surface area (Å²) in [5.74, 6) is -0.307. The quantitative estimate of drug-likeness (QED) is 0.357. The first-order chi connectivity index (χ1) is 11.2. The van der Waals surface area contributed by atoms with Crippen molar-refractivity contribution in [3.63, 3.8) is 0 Å². The van der Waals surface area contributed by atoms with Gasteiger partial charge < -0.3 is 13.8 Å². The van der Waals surface area contributed by atoms with E-state index in [1.165, 1.54) is 11.3 Å². The van der Waals surface area contributed by atoms with Crippen LogP contribution in [0.4, 0.5) is 0 Å². The van der Waals surface area contributed by atoms with E-state index in [-0.39, 0.29) is 12.6 Å². The van der Waals surface area contributed by atoms with E-state index < -0.39 is 8.38 Å². The lowest BCUT2D eigenvalue weighted by atomic mass is 10.2. The number of esters is 1. The molecule has 2 rings (SSSR count).